The summed E-state index contributed by atoms with van der Waals surface area (Å²) in [4.78, 5) is 62.6. The van der Waals surface area contributed by atoms with Gasteiger partial charge in [-0.25, -0.2) is 28.4 Å². The van der Waals surface area contributed by atoms with Gasteiger partial charge in [-0.1, -0.05) is 35.3 Å². The molecule has 2 aromatic carbocycles. The number of aliphatic hydroxyl groups excluding tert-OH is 1. The van der Waals surface area contributed by atoms with Gasteiger partial charge >= 0.3 is 24.5 Å². The van der Waals surface area contributed by atoms with Gasteiger partial charge in [0.1, 0.15) is 38.9 Å². The summed E-state index contributed by atoms with van der Waals surface area (Å²) in [6.07, 6.45) is -12.8. The molecule has 81 heavy (non-hydrogen) atoms. The van der Waals surface area contributed by atoms with Crippen LogP contribution in [0, 0.1) is 34.3 Å². The first-order valence-electron chi connectivity index (χ1n) is 26.1. The first kappa shape index (κ1) is 60.4. The number of aromatic nitrogens is 3. The SMILES string of the molecule is CNC(=O)O[C@H](C(=O)NN(Cc1c(F)cc(-c2nnc(C3CC3)s2)cc1F)C[C@H](O)[C@H](Cc1ccc(C#Cc2ccc(N3C[C@@H]4CC[C@@H](C3)N4C3COC3)nc2)cc1)NC(=O)[C@@H](NC(=O)OC)C(C)(C)C(F)(F)F)C(C)(C)C(F)(F)F. The monoisotopic (exact) mass is 1160 g/mol. The van der Waals surface area contributed by atoms with Gasteiger partial charge in [0.25, 0.3) is 5.91 Å². The van der Waals surface area contributed by atoms with Crippen LogP contribution in [0.2, 0.25) is 0 Å². The minimum absolute atomic E-state index is 0.0194. The zero-order chi connectivity index (χ0) is 58.8. The van der Waals surface area contributed by atoms with Gasteiger partial charge in [-0.05, 0) is 102 Å². The van der Waals surface area contributed by atoms with Gasteiger partial charge in [0.2, 0.25) is 5.91 Å². The van der Waals surface area contributed by atoms with Crippen molar-refractivity contribution in [1.82, 2.24) is 46.5 Å². The molecule has 4 fully saturated rings. The molecule has 5 heterocycles. The number of pyridine rings is 1. The highest BCUT2D eigenvalue weighted by molar-refractivity contribution is 7.14. The predicted octanol–water partition coefficient (Wildman–Crippen LogP) is 6.76. The van der Waals surface area contributed by atoms with Crippen molar-refractivity contribution in [3.63, 3.8) is 0 Å². The summed E-state index contributed by atoms with van der Waals surface area (Å²) in [5, 5.41) is 27.9. The van der Waals surface area contributed by atoms with E-state index in [1.54, 1.807) is 18.3 Å². The molecule has 3 saturated heterocycles. The van der Waals surface area contributed by atoms with Crippen LogP contribution in [0.25, 0.3) is 10.6 Å². The number of nitrogens with one attached hydrogen (secondary N) is 4. The number of hydrogen-bond donors (Lipinski definition) is 5. The van der Waals surface area contributed by atoms with Gasteiger partial charge < -0.3 is 40.2 Å². The fourth-order valence-corrected chi connectivity index (χ4v) is 10.8. The minimum Gasteiger partial charge on any atom is -0.453 e. The molecule has 8 rings (SSSR count). The van der Waals surface area contributed by atoms with Crippen LogP contribution in [0.15, 0.2) is 54.7 Å². The minimum atomic E-state index is -5.22. The summed E-state index contributed by atoms with van der Waals surface area (Å²) < 4.78 is 135. The summed E-state index contributed by atoms with van der Waals surface area (Å²) in [7, 11) is 1.86. The Morgan fingerprint density at radius 3 is 1.99 bits per heavy atom. The zero-order valence-corrected chi connectivity index (χ0v) is 45.8. The van der Waals surface area contributed by atoms with Gasteiger partial charge in [-0.15, -0.1) is 10.2 Å². The largest absolute Gasteiger partial charge is 0.453 e. The molecule has 4 aliphatic rings. The second kappa shape index (κ2) is 24.4. The van der Waals surface area contributed by atoms with Gasteiger partial charge in [-0.2, -0.15) is 26.3 Å². The number of ether oxygens (including phenoxy) is 3. The van der Waals surface area contributed by atoms with Gasteiger partial charge in [-0.3, -0.25) is 19.9 Å². The molecule has 18 nitrogen and oxygen atoms in total. The first-order valence-corrected chi connectivity index (χ1v) is 26.9. The molecular formula is C54H62F8N10O8S. The quantitative estimate of drug-likeness (QED) is 0.0373. The third-order valence-corrected chi connectivity index (χ3v) is 16.3. The highest BCUT2D eigenvalue weighted by Crippen LogP contribution is 2.44. The number of methoxy groups -OCH3 is 1. The number of carbonyl (C=O) groups excluding carboxylic acids is 4. The molecule has 1 saturated carbocycles. The third-order valence-electron chi connectivity index (χ3n) is 15.2. The number of halogens is 8. The molecule has 3 aliphatic heterocycles. The van der Waals surface area contributed by atoms with Crippen molar-refractivity contribution in [3.8, 4) is 22.4 Å². The summed E-state index contributed by atoms with van der Waals surface area (Å²) in [6.45, 7) is 3.50. The number of nitrogens with zero attached hydrogens (tertiary/aromatic N) is 6. The van der Waals surface area contributed by atoms with E-state index in [9.17, 15) is 50.6 Å². The maximum absolute atomic E-state index is 16.2. The molecule has 5 N–H and O–H groups in total. The Bertz CT molecular complexity index is 2950. The van der Waals surface area contributed by atoms with E-state index in [-0.39, 0.29) is 16.5 Å². The average Bonchev–Trinajstić information content (AvgIpc) is 4.14. The molecule has 27 heteroatoms. The molecule has 0 spiro atoms. The Labute approximate surface area is 465 Å². The molecule has 4 amide bonds. The van der Waals surface area contributed by atoms with Gasteiger partial charge in [0.05, 0.1) is 43.9 Å². The van der Waals surface area contributed by atoms with Crippen molar-refractivity contribution in [3.05, 3.63) is 93.6 Å². The highest BCUT2D eigenvalue weighted by Gasteiger charge is 2.58. The predicted molar refractivity (Wildman–Crippen MR) is 278 cm³/mol. The second-order valence-electron chi connectivity index (χ2n) is 21.7. The Hall–Kier alpha value is -6.73. The van der Waals surface area contributed by atoms with E-state index in [4.69, 9.17) is 14.5 Å². The van der Waals surface area contributed by atoms with Crippen LogP contribution in [0.1, 0.15) is 86.6 Å². The lowest BCUT2D eigenvalue weighted by atomic mass is 9.82. The molecule has 0 radical (unpaired) electrons. The van der Waals surface area contributed by atoms with E-state index in [1.807, 2.05) is 22.8 Å². The van der Waals surface area contributed by atoms with Crippen molar-refractivity contribution in [1.29, 1.82) is 0 Å². The fraction of sp³-hybridized carbons (Fsp3) is 0.537. The topological polar surface area (TPSA) is 213 Å². The van der Waals surface area contributed by atoms with E-state index >= 15 is 8.78 Å². The molecule has 2 aromatic heterocycles. The number of rotatable bonds is 19. The van der Waals surface area contributed by atoms with E-state index in [0.717, 1.165) is 95.4 Å². The number of amides is 4. The molecular weight excluding hydrogens is 1100 g/mol. The molecule has 1 aliphatic carbocycles. The normalized spacial score (nSPS) is 19.3. The van der Waals surface area contributed by atoms with Crippen LogP contribution in [0.3, 0.4) is 0 Å². The number of carbonyl (C=O) groups is 4. The van der Waals surface area contributed by atoms with Gasteiger partial charge in [0.15, 0.2) is 6.10 Å². The molecule has 438 valence electrons. The van der Waals surface area contributed by atoms with E-state index < -0.39 is 108 Å². The molecule has 2 bridgehead atoms. The van der Waals surface area contributed by atoms with Crippen molar-refractivity contribution >= 4 is 41.2 Å². The number of benzene rings is 2. The maximum Gasteiger partial charge on any atom is 0.407 e. The average molecular weight is 1160 g/mol. The smallest absolute Gasteiger partial charge is 0.407 e. The van der Waals surface area contributed by atoms with Crippen LogP contribution in [0.4, 0.5) is 50.5 Å². The van der Waals surface area contributed by atoms with Crippen LogP contribution in [0.5, 0.6) is 0 Å². The Morgan fingerprint density at radius 2 is 1.44 bits per heavy atom. The third kappa shape index (κ3) is 14.0. The summed E-state index contributed by atoms with van der Waals surface area (Å²) in [5.74, 6) is 1.45. The fourth-order valence-electron chi connectivity index (χ4n) is 9.82. The lowest BCUT2D eigenvalue weighted by Crippen LogP contribution is -2.62. The van der Waals surface area contributed by atoms with Crippen LogP contribution in [-0.2, 0) is 36.8 Å². The lowest BCUT2D eigenvalue weighted by molar-refractivity contribution is -0.239. The molecule has 0 unspecified atom stereocenters. The van der Waals surface area contributed by atoms with Crippen LogP contribution < -0.4 is 26.3 Å². The van der Waals surface area contributed by atoms with Crippen molar-refractivity contribution in [2.24, 2.45) is 10.8 Å². The van der Waals surface area contributed by atoms with Gasteiger partial charge in [0, 0.05) is 79.7 Å². The Kier molecular flexibility index (Phi) is 18.2. The number of aliphatic hydroxyl groups is 1. The zero-order valence-electron chi connectivity index (χ0n) is 45.0. The molecule has 6 atom stereocenters. The van der Waals surface area contributed by atoms with Crippen molar-refractivity contribution in [2.75, 3.05) is 51.9 Å². The number of alkyl carbamates (subject to hydrolysis) is 2. The van der Waals surface area contributed by atoms with Crippen LogP contribution in [-0.4, -0.2) is 156 Å². The maximum atomic E-state index is 16.2. The standard InChI is InChI=1S/C54H62F8N10O8S/c1-51(2,53(57,58)59)43(66-50(77)78-6)45(74)65-40(19-30-10-7-29(8-11-30)9-12-31-13-18-42(64-22-31)70-23-34-16-17-35(24-70)72(34)36-27-79-28-36)41(73)26-71(69-46(75)44(80-49(76)63-5)52(3,4)54(60,61)62)25-37-38(55)20-33(21-39(37)56)48-68-67-47(81-48)32-14-15-32/h7-8,10-11,13,18,20-22,32,34-36,40-41,43-44,73H,14-17,19,23-28H2,1-6H3,(H,63,76)(H,65,74)(H,66,77)(H,69,75)/t34-,35-,40-,41-,43+,44+/m0/s1. The van der Waals surface area contributed by atoms with E-state index in [2.05, 4.69) is 47.3 Å². The van der Waals surface area contributed by atoms with Crippen molar-refractivity contribution in [2.45, 2.75) is 127 Å². The number of fused-ring (bicyclic) bond motifs is 2. The number of hydrazine groups is 1. The summed E-state index contributed by atoms with van der Waals surface area (Å²) in [6, 6.07) is 9.00. The van der Waals surface area contributed by atoms with Crippen molar-refractivity contribution < 1.29 is 73.6 Å². The Morgan fingerprint density at radius 1 is 0.827 bits per heavy atom. The first-order chi connectivity index (χ1) is 38.2. The Balaban J connectivity index is 1.07. The number of hydrogen-bond acceptors (Lipinski definition) is 15. The van der Waals surface area contributed by atoms with E-state index in [0.29, 0.717) is 72.5 Å². The highest BCUT2D eigenvalue weighted by atomic mass is 32.1. The number of alkyl halides is 6. The summed E-state index contributed by atoms with van der Waals surface area (Å²) in [5.41, 5.74) is -3.45. The molecule has 4 aromatic rings. The van der Waals surface area contributed by atoms with E-state index in [1.165, 1.54) is 12.1 Å². The summed E-state index contributed by atoms with van der Waals surface area (Å²) >= 11 is 1.12. The second-order valence-corrected chi connectivity index (χ2v) is 22.7. The lowest BCUT2D eigenvalue weighted by Gasteiger charge is -2.47. The number of anilines is 1. The van der Waals surface area contributed by atoms with Crippen LogP contribution >= 0.6 is 11.3 Å². The number of piperazine rings is 1.